The molecular weight excluding hydrogens is 326 g/mol. The van der Waals surface area contributed by atoms with E-state index in [0.29, 0.717) is 12.3 Å². The third kappa shape index (κ3) is 3.45. The summed E-state index contributed by atoms with van der Waals surface area (Å²) in [5, 5.41) is 1.07. The van der Waals surface area contributed by atoms with Crippen molar-refractivity contribution in [1.82, 2.24) is 24.4 Å². The van der Waals surface area contributed by atoms with E-state index < -0.39 is 0 Å². The molecule has 0 spiro atoms. The fourth-order valence-corrected chi connectivity index (χ4v) is 3.65. The first-order chi connectivity index (χ1) is 12.7. The Morgan fingerprint density at radius 3 is 2.88 bits per heavy atom. The second-order valence-corrected chi connectivity index (χ2v) is 7.02. The molecule has 134 valence electrons. The first-order valence-corrected chi connectivity index (χ1v) is 9.16. The van der Waals surface area contributed by atoms with Crippen molar-refractivity contribution in [3.63, 3.8) is 0 Å². The van der Waals surface area contributed by atoms with Crippen molar-refractivity contribution in [3.8, 4) is 0 Å². The smallest absolute Gasteiger partial charge is 0.224 e. The molecule has 1 saturated heterocycles. The van der Waals surface area contributed by atoms with Crippen LogP contribution >= 0.6 is 0 Å². The fourth-order valence-electron chi connectivity index (χ4n) is 3.65. The van der Waals surface area contributed by atoms with Crippen LogP contribution in [-0.2, 0) is 4.79 Å². The Hall–Kier alpha value is -2.76. The topological polar surface area (TPSA) is 63.9 Å². The van der Waals surface area contributed by atoms with Gasteiger partial charge in [0.2, 0.25) is 5.91 Å². The number of pyridine rings is 2. The summed E-state index contributed by atoms with van der Waals surface area (Å²) < 4.78 is 1.98. The SMILES string of the molecule is C[C@@H](CC(=O)N1CCC(c2cc3ncccc3cn2)CC1)n1ccnc1. The van der Waals surface area contributed by atoms with E-state index in [9.17, 15) is 4.79 Å². The molecule has 3 aromatic heterocycles. The first-order valence-electron chi connectivity index (χ1n) is 9.16. The van der Waals surface area contributed by atoms with Crippen molar-refractivity contribution in [2.24, 2.45) is 0 Å². The van der Waals surface area contributed by atoms with E-state index >= 15 is 0 Å². The van der Waals surface area contributed by atoms with E-state index in [-0.39, 0.29) is 11.9 Å². The normalized spacial score (nSPS) is 16.7. The summed E-state index contributed by atoms with van der Waals surface area (Å²) in [6.07, 6.45) is 11.6. The number of hydrogen-bond donors (Lipinski definition) is 0. The molecule has 1 atom stereocenters. The van der Waals surface area contributed by atoms with Gasteiger partial charge in [0.1, 0.15) is 0 Å². The van der Waals surface area contributed by atoms with Crippen LogP contribution < -0.4 is 0 Å². The number of amides is 1. The Morgan fingerprint density at radius 1 is 1.27 bits per heavy atom. The van der Waals surface area contributed by atoms with Crippen LogP contribution in [0.25, 0.3) is 10.9 Å². The Kier molecular flexibility index (Phi) is 4.65. The summed E-state index contributed by atoms with van der Waals surface area (Å²) in [7, 11) is 0. The van der Waals surface area contributed by atoms with Crippen LogP contribution in [-0.4, -0.2) is 43.4 Å². The Bertz CT molecular complexity index is 884. The summed E-state index contributed by atoms with van der Waals surface area (Å²) in [6, 6.07) is 6.19. The Labute approximate surface area is 152 Å². The van der Waals surface area contributed by atoms with Crippen LogP contribution in [0.5, 0.6) is 0 Å². The van der Waals surface area contributed by atoms with Gasteiger partial charge in [0.25, 0.3) is 0 Å². The second kappa shape index (κ2) is 7.23. The van der Waals surface area contributed by atoms with Crippen molar-refractivity contribution in [1.29, 1.82) is 0 Å². The number of rotatable bonds is 4. The van der Waals surface area contributed by atoms with Crippen LogP contribution in [0.4, 0.5) is 0 Å². The maximum atomic E-state index is 12.6. The Balaban J connectivity index is 1.36. The average molecular weight is 349 g/mol. The molecular formula is C20H23N5O. The number of aromatic nitrogens is 4. The van der Waals surface area contributed by atoms with E-state index in [1.165, 1.54) is 0 Å². The predicted molar refractivity (Wildman–Crippen MR) is 99.6 cm³/mol. The molecule has 3 aromatic rings. The van der Waals surface area contributed by atoms with Gasteiger partial charge in [-0.25, -0.2) is 4.98 Å². The second-order valence-electron chi connectivity index (χ2n) is 7.02. The molecule has 0 bridgehead atoms. The van der Waals surface area contributed by atoms with Crippen molar-refractivity contribution < 1.29 is 4.79 Å². The number of likely N-dealkylation sites (tertiary alicyclic amines) is 1. The third-order valence-electron chi connectivity index (χ3n) is 5.28. The number of piperidine rings is 1. The standard InChI is InChI=1S/C20H23N5O/c1-15(25-10-7-21-14-25)11-20(26)24-8-4-16(5-9-24)18-12-19-17(13-23-18)3-2-6-22-19/h2-3,6-7,10,12-16H,4-5,8-9,11H2,1H3/t15-/m0/s1. The zero-order valence-corrected chi connectivity index (χ0v) is 15.0. The highest BCUT2D eigenvalue weighted by molar-refractivity contribution is 5.78. The van der Waals surface area contributed by atoms with Crippen molar-refractivity contribution in [3.05, 3.63) is 55.0 Å². The molecule has 6 nitrogen and oxygen atoms in total. The van der Waals surface area contributed by atoms with Gasteiger partial charge in [0, 0.05) is 67.3 Å². The average Bonchev–Trinajstić information content (AvgIpc) is 3.23. The number of carbonyl (C=O) groups excluding carboxylic acids is 1. The molecule has 1 aliphatic rings. The monoisotopic (exact) mass is 349 g/mol. The minimum Gasteiger partial charge on any atom is -0.343 e. The molecule has 0 saturated carbocycles. The van der Waals surface area contributed by atoms with Gasteiger partial charge in [-0.3, -0.25) is 14.8 Å². The van der Waals surface area contributed by atoms with Gasteiger partial charge in [0.05, 0.1) is 11.8 Å². The van der Waals surface area contributed by atoms with Gasteiger partial charge in [-0.1, -0.05) is 0 Å². The van der Waals surface area contributed by atoms with Crippen LogP contribution in [0.15, 0.2) is 49.3 Å². The fraction of sp³-hybridized carbons (Fsp3) is 0.400. The molecule has 26 heavy (non-hydrogen) atoms. The van der Waals surface area contributed by atoms with Crippen molar-refractivity contribution >= 4 is 16.8 Å². The van der Waals surface area contributed by atoms with E-state index in [1.807, 2.05) is 40.2 Å². The van der Waals surface area contributed by atoms with E-state index in [2.05, 4.69) is 27.9 Å². The molecule has 4 heterocycles. The highest BCUT2D eigenvalue weighted by Crippen LogP contribution is 2.28. The van der Waals surface area contributed by atoms with Gasteiger partial charge in [0.15, 0.2) is 0 Å². The lowest BCUT2D eigenvalue weighted by Crippen LogP contribution is -2.38. The lowest BCUT2D eigenvalue weighted by Gasteiger charge is -2.32. The quantitative estimate of drug-likeness (QED) is 0.726. The zero-order valence-electron chi connectivity index (χ0n) is 15.0. The predicted octanol–water partition coefficient (Wildman–Crippen LogP) is 3.18. The highest BCUT2D eigenvalue weighted by atomic mass is 16.2. The van der Waals surface area contributed by atoms with E-state index in [0.717, 1.165) is 42.5 Å². The maximum absolute atomic E-state index is 12.6. The number of nitrogens with zero attached hydrogens (tertiary/aromatic N) is 5. The molecule has 1 amide bonds. The maximum Gasteiger partial charge on any atom is 0.224 e. The van der Waals surface area contributed by atoms with Gasteiger partial charge < -0.3 is 9.47 Å². The minimum absolute atomic E-state index is 0.135. The van der Waals surface area contributed by atoms with Crippen molar-refractivity contribution in [2.45, 2.75) is 38.1 Å². The summed E-state index contributed by atoms with van der Waals surface area (Å²) in [6.45, 7) is 3.64. The number of hydrogen-bond acceptors (Lipinski definition) is 4. The lowest BCUT2D eigenvalue weighted by atomic mass is 9.92. The molecule has 1 fully saturated rings. The van der Waals surface area contributed by atoms with Gasteiger partial charge in [-0.05, 0) is 38.0 Å². The molecule has 0 unspecified atom stereocenters. The summed E-state index contributed by atoms with van der Waals surface area (Å²) >= 11 is 0. The molecule has 4 rings (SSSR count). The third-order valence-corrected chi connectivity index (χ3v) is 5.28. The van der Waals surface area contributed by atoms with Crippen LogP contribution in [0.1, 0.15) is 43.8 Å². The van der Waals surface area contributed by atoms with Gasteiger partial charge >= 0.3 is 0 Å². The summed E-state index contributed by atoms with van der Waals surface area (Å²) in [5.41, 5.74) is 2.08. The summed E-state index contributed by atoms with van der Waals surface area (Å²) in [4.78, 5) is 27.7. The molecule has 1 aliphatic heterocycles. The Morgan fingerprint density at radius 2 is 2.12 bits per heavy atom. The number of imidazole rings is 1. The van der Waals surface area contributed by atoms with Crippen LogP contribution in [0, 0.1) is 0 Å². The number of carbonyl (C=O) groups is 1. The van der Waals surface area contributed by atoms with Crippen molar-refractivity contribution in [2.75, 3.05) is 13.1 Å². The minimum atomic E-state index is 0.135. The first kappa shape index (κ1) is 16.7. The van der Waals surface area contributed by atoms with Crippen LogP contribution in [0.3, 0.4) is 0 Å². The van der Waals surface area contributed by atoms with E-state index in [4.69, 9.17) is 0 Å². The van der Waals surface area contributed by atoms with Crippen LogP contribution in [0.2, 0.25) is 0 Å². The zero-order chi connectivity index (χ0) is 17.9. The largest absolute Gasteiger partial charge is 0.343 e. The number of fused-ring (bicyclic) bond motifs is 1. The summed E-state index contributed by atoms with van der Waals surface area (Å²) in [5.74, 6) is 0.620. The molecule has 0 N–H and O–H groups in total. The van der Waals surface area contributed by atoms with Gasteiger partial charge in [-0.2, -0.15) is 0 Å². The molecule has 6 heteroatoms. The van der Waals surface area contributed by atoms with Gasteiger partial charge in [-0.15, -0.1) is 0 Å². The highest BCUT2D eigenvalue weighted by Gasteiger charge is 2.25. The lowest BCUT2D eigenvalue weighted by molar-refractivity contribution is -0.133. The molecule has 0 radical (unpaired) electrons. The molecule has 0 aromatic carbocycles. The molecule has 0 aliphatic carbocycles. The van der Waals surface area contributed by atoms with E-state index in [1.54, 1.807) is 12.5 Å².